The molecule has 0 aromatic heterocycles. The van der Waals surface area contributed by atoms with Gasteiger partial charge in [-0.15, -0.1) is 0 Å². The molecule has 0 aromatic carbocycles. The molecule has 0 N–H and O–H groups in total. The predicted octanol–water partition coefficient (Wildman–Crippen LogP) is 2.81. The Bertz CT molecular complexity index is 156. The summed E-state index contributed by atoms with van der Waals surface area (Å²) in [6, 6.07) is 0. The number of carbonyl (C=O) groups excluding carboxylic acids is 1. The van der Waals surface area contributed by atoms with E-state index in [-0.39, 0.29) is 0 Å². The Hall–Kier alpha value is -0.00714. The van der Waals surface area contributed by atoms with Crippen LogP contribution in [-0.4, -0.2) is 19.2 Å². The van der Waals surface area contributed by atoms with Gasteiger partial charge >= 0.3 is 71.9 Å². The van der Waals surface area contributed by atoms with Crippen molar-refractivity contribution in [1.29, 1.82) is 0 Å². The van der Waals surface area contributed by atoms with E-state index in [1.807, 2.05) is 6.92 Å². The molecule has 0 bridgehead atoms. The molecular formula is C9H18GeO. The number of hydrogen-bond donors (Lipinski definition) is 0. The van der Waals surface area contributed by atoms with Crippen LogP contribution >= 0.6 is 0 Å². The third-order valence-corrected chi connectivity index (χ3v) is 15.1. The second-order valence-electron chi connectivity index (χ2n) is 3.07. The molecule has 0 aliphatic heterocycles. The summed E-state index contributed by atoms with van der Waals surface area (Å²) in [4.78, 5) is 10.5. The molecule has 0 unspecified atom stereocenters. The first-order valence-electron chi connectivity index (χ1n) is 4.39. The average Bonchev–Trinajstić information content (AvgIpc) is 2.08. The second kappa shape index (κ2) is 4.79. The normalized spacial score (nSPS) is 10.9. The molecule has 0 atom stereocenters. The van der Waals surface area contributed by atoms with Crippen LogP contribution in [0.15, 0.2) is 4.41 Å². The molecule has 2 heteroatoms. The molecule has 1 nitrogen and oxygen atoms in total. The van der Waals surface area contributed by atoms with Gasteiger partial charge in [0.05, 0.1) is 0 Å². The van der Waals surface area contributed by atoms with Crippen molar-refractivity contribution in [2.45, 2.75) is 43.5 Å². The van der Waals surface area contributed by atoms with Crippen molar-refractivity contribution >= 4 is 19.2 Å². The molecule has 0 saturated carbocycles. The Labute approximate surface area is 72.2 Å². The van der Waals surface area contributed by atoms with Crippen LogP contribution < -0.4 is 0 Å². The van der Waals surface area contributed by atoms with Crippen molar-refractivity contribution < 1.29 is 4.79 Å². The van der Waals surface area contributed by atoms with E-state index in [2.05, 4.69) is 26.7 Å². The van der Waals surface area contributed by atoms with Crippen molar-refractivity contribution in [3.05, 3.63) is 4.41 Å². The van der Waals surface area contributed by atoms with E-state index < -0.39 is 13.3 Å². The van der Waals surface area contributed by atoms with Gasteiger partial charge < -0.3 is 0 Å². The summed E-state index contributed by atoms with van der Waals surface area (Å²) in [6.07, 6.45) is 0. The van der Waals surface area contributed by atoms with Crippen LogP contribution in [0.1, 0.15) is 27.7 Å². The Morgan fingerprint density at radius 3 is 1.64 bits per heavy atom. The van der Waals surface area contributed by atoms with Crippen molar-refractivity contribution in [2.24, 2.45) is 0 Å². The molecule has 0 aromatic rings. The maximum atomic E-state index is 10.5. The third-order valence-electron chi connectivity index (χ3n) is 2.98. The minimum atomic E-state index is -1.84. The second-order valence-corrected chi connectivity index (χ2v) is 14.5. The fraction of sp³-hybridized carbons (Fsp3) is 0.778. The van der Waals surface area contributed by atoms with Crippen molar-refractivity contribution in [3.63, 3.8) is 0 Å². The predicted molar refractivity (Wildman–Crippen MR) is 52.1 cm³/mol. The first-order valence-corrected chi connectivity index (χ1v) is 9.89. The molecule has 0 saturated heterocycles. The summed E-state index contributed by atoms with van der Waals surface area (Å²) >= 11 is -1.84. The first kappa shape index (κ1) is 11.0. The van der Waals surface area contributed by atoms with Gasteiger partial charge in [0.2, 0.25) is 0 Å². The number of rotatable bonds is 4. The van der Waals surface area contributed by atoms with Gasteiger partial charge in [0.15, 0.2) is 0 Å². The molecule has 11 heavy (non-hydrogen) atoms. The standard InChI is InChI=1S/C9H18GeO/c1-5-10(6-2,7-3)9(4)8-11/h5-7H2,1-4H3. The van der Waals surface area contributed by atoms with Gasteiger partial charge in [0.25, 0.3) is 0 Å². The van der Waals surface area contributed by atoms with E-state index in [1.54, 1.807) is 0 Å². The monoisotopic (exact) mass is 216 g/mol. The van der Waals surface area contributed by atoms with Crippen molar-refractivity contribution in [3.8, 4) is 0 Å². The fourth-order valence-electron chi connectivity index (χ4n) is 1.65. The molecule has 64 valence electrons. The van der Waals surface area contributed by atoms with Gasteiger partial charge in [0.1, 0.15) is 0 Å². The van der Waals surface area contributed by atoms with Gasteiger partial charge in [-0.3, -0.25) is 0 Å². The zero-order valence-electron chi connectivity index (χ0n) is 8.03. The molecule has 0 aliphatic rings. The van der Waals surface area contributed by atoms with Crippen LogP contribution in [0.2, 0.25) is 15.8 Å². The molecule has 0 amide bonds. The van der Waals surface area contributed by atoms with E-state index in [1.165, 1.54) is 15.8 Å². The van der Waals surface area contributed by atoms with Gasteiger partial charge in [-0.25, -0.2) is 0 Å². The van der Waals surface area contributed by atoms with Crippen LogP contribution in [0.4, 0.5) is 0 Å². The van der Waals surface area contributed by atoms with Crippen LogP contribution in [0.5, 0.6) is 0 Å². The van der Waals surface area contributed by atoms with Crippen molar-refractivity contribution in [1.82, 2.24) is 0 Å². The molecule has 0 fully saturated rings. The first-order chi connectivity index (χ1) is 5.16. The molecule has 0 rings (SSSR count). The summed E-state index contributed by atoms with van der Waals surface area (Å²) in [5.41, 5.74) is 0. The van der Waals surface area contributed by atoms with Gasteiger partial charge in [-0.05, 0) is 0 Å². The van der Waals surface area contributed by atoms with Crippen LogP contribution in [-0.2, 0) is 4.79 Å². The summed E-state index contributed by atoms with van der Waals surface area (Å²) in [5, 5.41) is 3.69. The van der Waals surface area contributed by atoms with E-state index in [9.17, 15) is 4.79 Å². The minimum absolute atomic E-state index is 1.07. The summed E-state index contributed by atoms with van der Waals surface area (Å²) in [6.45, 7) is 8.62. The maximum absolute atomic E-state index is 10.5. The van der Waals surface area contributed by atoms with Crippen LogP contribution in [0.3, 0.4) is 0 Å². The van der Waals surface area contributed by atoms with E-state index >= 15 is 0 Å². The Balaban J connectivity index is 4.68. The zero-order valence-corrected chi connectivity index (χ0v) is 10.1. The topological polar surface area (TPSA) is 17.1 Å². The third kappa shape index (κ3) is 2.21. The Kier molecular flexibility index (Phi) is 4.78. The van der Waals surface area contributed by atoms with Gasteiger partial charge in [0, 0.05) is 0 Å². The SMILES string of the molecule is C[CH2][Ge]([CH2]C)([CH2]C)[C](C)=C=O. The zero-order chi connectivity index (χ0) is 8.91. The number of hydrogen-bond acceptors (Lipinski definition) is 1. The molecule has 0 aliphatic carbocycles. The van der Waals surface area contributed by atoms with E-state index in [0.717, 1.165) is 4.41 Å². The number of allylic oxidation sites excluding steroid dienone is 1. The van der Waals surface area contributed by atoms with E-state index in [0.29, 0.717) is 0 Å². The fourth-order valence-corrected chi connectivity index (χ4v) is 8.59. The van der Waals surface area contributed by atoms with E-state index in [4.69, 9.17) is 0 Å². The van der Waals surface area contributed by atoms with Crippen LogP contribution in [0.25, 0.3) is 0 Å². The Morgan fingerprint density at radius 1 is 1.18 bits per heavy atom. The summed E-state index contributed by atoms with van der Waals surface area (Å²) < 4.78 is 1.07. The summed E-state index contributed by atoms with van der Waals surface area (Å²) in [5.74, 6) is 2.11. The molecule has 0 radical (unpaired) electrons. The average molecular weight is 215 g/mol. The Morgan fingerprint density at radius 2 is 1.55 bits per heavy atom. The van der Waals surface area contributed by atoms with Gasteiger partial charge in [-0.2, -0.15) is 0 Å². The molecule has 0 spiro atoms. The quantitative estimate of drug-likeness (QED) is 0.520. The molecule has 0 heterocycles. The van der Waals surface area contributed by atoms with Crippen LogP contribution in [0, 0.1) is 0 Å². The summed E-state index contributed by atoms with van der Waals surface area (Å²) in [7, 11) is 0. The van der Waals surface area contributed by atoms with Crippen molar-refractivity contribution in [2.75, 3.05) is 0 Å². The molecular weight excluding hydrogens is 197 g/mol. The van der Waals surface area contributed by atoms with Gasteiger partial charge in [-0.1, -0.05) is 0 Å².